The predicted octanol–water partition coefficient (Wildman–Crippen LogP) is 8.13. The molecule has 2 aliphatic rings. The quantitative estimate of drug-likeness (QED) is 0.288. The van der Waals surface area contributed by atoms with Gasteiger partial charge in [0.2, 0.25) is 0 Å². The van der Waals surface area contributed by atoms with E-state index in [1.165, 1.54) is 16.8 Å². The summed E-state index contributed by atoms with van der Waals surface area (Å²) in [5.74, 6) is 1.15. The van der Waals surface area contributed by atoms with E-state index in [1.807, 2.05) is 42.5 Å². The van der Waals surface area contributed by atoms with Crippen LogP contribution in [0.15, 0.2) is 66.7 Å². The number of carbonyl (C=O) groups is 1. The zero-order chi connectivity index (χ0) is 27.6. The molecular formula is C34H40FNO3. The highest BCUT2D eigenvalue weighted by Crippen LogP contribution is 2.45. The number of aliphatic carboxylic acids is 1. The first-order chi connectivity index (χ1) is 18.7. The van der Waals surface area contributed by atoms with E-state index in [0.29, 0.717) is 24.0 Å². The van der Waals surface area contributed by atoms with Gasteiger partial charge in [0.05, 0.1) is 13.0 Å². The largest absolute Gasteiger partial charge is 0.493 e. The molecule has 0 radical (unpaired) electrons. The number of benzene rings is 3. The number of ether oxygens (including phenoxy) is 1. The highest BCUT2D eigenvalue weighted by Gasteiger charge is 2.34. The van der Waals surface area contributed by atoms with Gasteiger partial charge in [-0.25, -0.2) is 4.39 Å². The van der Waals surface area contributed by atoms with E-state index in [0.717, 1.165) is 55.6 Å². The van der Waals surface area contributed by atoms with Gasteiger partial charge in [0.15, 0.2) is 0 Å². The number of halogens is 1. The van der Waals surface area contributed by atoms with E-state index >= 15 is 0 Å². The van der Waals surface area contributed by atoms with Crippen LogP contribution in [-0.2, 0) is 10.5 Å². The fourth-order valence-corrected chi connectivity index (χ4v) is 5.83. The third-order valence-corrected chi connectivity index (χ3v) is 8.35. The molecule has 5 heteroatoms. The Labute approximate surface area is 231 Å². The lowest BCUT2D eigenvalue weighted by Gasteiger charge is -2.35. The first kappa shape index (κ1) is 27.2. The second kappa shape index (κ2) is 11.4. The molecule has 5 rings (SSSR count). The first-order valence-corrected chi connectivity index (χ1v) is 14.3. The lowest BCUT2D eigenvalue weighted by atomic mass is 9.91. The maximum absolute atomic E-state index is 14.4. The Morgan fingerprint density at radius 3 is 2.38 bits per heavy atom. The molecule has 0 spiro atoms. The molecule has 1 N–H and O–H groups in total. The van der Waals surface area contributed by atoms with Crippen molar-refractivity contribution in [1.29, 1.82) is 0 Å². The maximum Gasteiger partial charge on any atom is 0.303 e. The minimum atomic E-state index is -1.35. The molecule has 2 fully saturated rings. The number of alkyl halides is 1. The van der Waals surface area contributed by atoms with Gasteiger partial charge in [0.25, 0.3) is 0 Å². The molecule has 39 heavy (non-hydrogen) atoms. The Kier molecular flexibility index (Phi) is 7.97. The molecule has 3 aromatic carbocycles. The smallest absolute Gasteiger partial charge is 0.303 e. The van der Waals surface area contributed by atoms with Gasteiger partial charge in [-0.1, -0.05) is 48.5 Å². The lowest BCUT2D eigenvalue weighted by Crippen LogP contribution is -2.35. The van der Waals surface area contributed by atoms with E-state index in [1.54, 1.807) is 13.8 Å². The molecule has 0 bridgehead atoms. The molecule has 3 aromatic rings. The van der Waals surface area contributed by atoms with Crippen molar-refractivity contribution in [1.82, 2.24) is 0 Å². The standard InChI is InChI=1S/C34H40FNO3/c1-23-7-14-30(25-10-12-28(13-11-25)34(2,3)35)32(19-23)36-17-15-24(16-18-36)22-39-29-6-4-5-27(20-29)31(21-33(37)38)26-8-9-26/h4-7,10-14,19-20,24,26,31H,8-9,15-18,21-22H2,1-3H3,(H,37,38). The number of piperidine rings is 1. The number of nitrogens with zero attached hydrogens (tertiary/aromatic N) is 1. The van der Waals surface area contributed by atoms with Crippen molar-refractivity contribution in [2.45, 2.75) is 64.5 Å². The summed E-state index contributed by atoms with van der Waals surface area (Å²) in [6.45, 7) is 7.90. The van der Waals surface area contributed by atoms with Gasteiger partial charge in [-0.05, 0) is 105 Å². The number of carboxylic acids is 1. The van der Waals surface area contributed by atoms with Crippen LogP contribution in [0.4, 0.5) is 10.1 Å². The average molecular weight is 530 g/mol. The third kappa shape index (κ3) is 6.81. The van der Waals surface area contributed by atoms with Crippen molar-refractivity contribution in [3.8, 4) is 16.9 Å². The Hall–Kier alpha value is -3.34. The van der Waals surface area contributed by atoms with Gasteiger partial charge < -0.3 is 14.7 Å². The second-order valence-electron chi connectivity index (χ2n) is 11.9. The van der Waals surface area contributed by atoms with E-state index in [-0.39, 0.29) is 12.3 Å². The van der Waals surface area contributed by atoms with E-state index < -0.39 is 11.6 Å². The van der Waals surface area contributed by atoms with E-state index in [2.05, 4.69) is 36.1 Å². The van der Waals surface area contributed by atoms with Crippen LogP contribution >= 0.6 is 0 Å². The SMILES string of the molecule is Cc1ccc(-c2ccc(C(C)(C)F)cc2)c(N2CCC(COc3cccc(C(CC(=O)O)C4CC4)c3)CC2)c1. The van der Waals surface area contributed by atoms with Crippen molar-refractivity contribution in [3.63, 3.8) is 0 Å². The fraction of sp³-hybridized carbons (Fsp3) is 0.441. The molecule has 0 amide bonds. The summed E-state index contributed by atoms with van der Waals surface area (Å²) in [7, 11) is 0. The van der Waals surface area contributed by atoms with E-state index in [9.17, 15) is 14.3 Å². The number of hydrogen-bond donors (Lipinski definition) is 1. The number of aryl methyl sites for hydroxylation is 1. The molecule has 1 unspecified atom stereocenters. The van der Waals surface area contributed by atoms with Gasteiger partial charge in [-0.3, -0.25) is 4.79 Å². The van der Waals surface area contributed by atoms with Gasteiger partial charge in [0, 0.05) is 24.3 Å². The van der Waals surface area contributed by atoms with Crippen LogP contribution in [0.25, 0.3) is 11.1 Å². The molecule has 1 aliphatic heterocycles. The highest BCUT2D eigenvalue weighted by molar-refractivity contribution is 5.79. The molecule has 1 saturated carbocycles. The molecular weight excluding hydrogens is 489 g/mol. The molecule has 1 saturated heterocycles. The van der Waals surface area contributed by atoms with Crippen LogP contribution in [0.5, 0.6) is 5.75 Å². The molecule has 0 aromatic heterocycles. The Morgan fingerprint density at radius 2 is 1.74 bits per heavy atom. The predicted molar refractivity (Wildman–Crippen MR) is 155 cm³/mol. The zero-order valence-corrected chi connectivity index (χ0v) is 23.3. The number of anilines is 1. The molecule has 1 heterocycles. The summed E-state index contributed by atoms with van der Waals surface area (Å²) < 4.78 is 20.6. The Morgan fingerprint density at radius 1 is 1.03 bits per heavy atom. The summed E-state index contributed by atoms with van der Waals surface area (Å²) in [6, 6.07) is 22.5. The van der Waals surface area contributed by atoms with Gasteiger partial charge in [0.1, 0.15) is 11.4 Å². The van der Waals surface area contributed by atoms with Crippen molar-refractivity contribution < 1.29 is 19.0 Å². The zero-order valence-electron chi connectivity index (χ0n) is 23.3. The van der Waals surface area contributed by atoms with Crippen LogP contribution in [0.1, 0.15) is 68.6 Å². The molecule has 206 valence electrons. The summed E-state index contributed by atoms with van der Waals surface area (Å²) in [6.07, 6.45) is 4.51. The number of rotatable bonds is 10. The molecule has 1 aliphatic carbocycles. The van der Waals surface area contributed by atoms with Crippen LogP contribution in [0.2, 0.25) is 0 Å². The second-order valence-corrected chi connectivity index (χ2v) is 11.9. The topological polar surface area (TPSA) is 49.8 Å². The van der Waals surface area contributed by atoms with Crippen molar-refractivity contribution in [2.75, 3.05) is 24.6 Å². The van der Waals surface area contributed by atoms with Crippen molar-refractivity contribution in [2.24, 2.45) is 11.8 Å². The Bertz CT molecular complexity index is 1280. The van der Waals surface area contributed by atoms with E-state index in [4.69, 9.17) is 4.74 Å². The summed E-state index contributed by atoms with van der Waals surface area (Å²) in [5.41, 5.74) is 5.18. The number of carboxylic acid groups (broad SMARTS) is 1. The van der Waals surface area contributed by atoms with Gasteiger partial charge in [-0.2, -0.15) is 0 Å². The van der Waals surface area contributed by atoms with Crippen molar-refractivity contribution >= 4 is 11.7 Å². The molecule has 4 nitrogen and oxygen atoms in total. The van der Waals surface area contributed by atoms with Crippen LogP contribution in [0.3, 0.4) is 0 Å². The fourth-order valence-electron chi connectivity index (χ4n) is 5.83. The van der Waals surface area contributed by atoms with Gasteiger partial charge in [-0.15, -0.1) is 0 Å². The highest BCUT2D eigenvalue weighted by atomic mass is 19.1. The van der Waals surface area contributed by atoms with Crippen LogP contribution in [-0.4, -0.2) is 30.8 Å². The van der Waals surface area contributed by atoms with Crippen LogP contribution in [0, 0.1) is 18.8 Å². The summed E-state index contributed by atoms with van der Waals surface area (Å²) >= 11 is 0. The number of hydrogen-bond acceptors (Lipinski definition) is 3. The first-order valence-electron chi connectivity index (χ1n) is 14.3. The minimum Gasteiger partial charge on any atom is -0.493 e. The normalized spacial score (nSPS) is 17.2. The lowest BCUT2D eigenvalue weighted by molar-refractivity contribution is -0.137. The van der Waals surface area contributed by atoms with Crippen LogP contribution < -0.4 is 9.64 Å². The summed E-state index contributed by atoms with van der Waals surface area (Å²) in [4.78, 5) is 13.9. The minimum absolute atomic E-state index is 0.0810. The van der Waals surface area contributed by atoms with Crippen molar-refractivity contribution in [3.05, 3.63) is 83.4 Å². The summed E-state index contributed by atoms with van der Waals surface area (Å²) in [5, 5.41) is 9.36. The Balaban J connectivity index is 1.21. The molecule has 1 atom stereocenters. The average Bonchev–Trinajstić information content (AvgIpc) is 3.76. The monoisotopic (exact) mass is 529 g/mol. The third-order valence-electron chi connectivity index (χ3n) is 8.35. The van der Waals surface area contributed by atoms with Gasteiger partial charge >= 0.3 is 5.97 Å². The maximum atomic E-state index is 14.4.